The maximum atomic E-state index is 13.3. The van der Waals surface area contributed by atoms with E-state index in [1.165, 1.54) is 0 Å². The zero-order valence-electron chi connectivity index (χ0n) is 13.0. The summed E-state index contributed by atoms with van der Waals surface area (Å²) in [6, 6.07) is 17.9. The van der Waals surface area contributed by atoms with Crippen molar-refractivity contribution in [3.05, 3.63) is 94.5 Å². The molecule has 0 fully saturated rings. The standard InChI is InChI=1S/C21H16BrNO/c22-16-11-13-17(14-12-16)23-19-10-6-2-5-9-18(19)20(21(23)24)15-7-3-1-4-8-15/h1-9,11-14,19H,10H2. The molecule has 2 aliphatic rings. The van der Waals surface area contributed by atoms with E-state index in [0.717, 1.165) is 33.3 Å². The molecule has 0 spiro atoms. The van der Waals surface area contributed by atoms with E-state index in [0.29, 0.717) is 0 Å². The minimum absolute atomic E-state index is 0.0453. The lowest BCUT2D eigenvalue weighted by molar-refractivity contribution is -0.113. The Morgan fingerprint density at radius 1 is 0.958 bits per heavy atom. The fourth-order valence-electron chi connectivity index (χ4n) is 3.36. The van der Waals surface area contributed by atoms with Gasteiger partial charge in [0.2, 0.25) is 0 Å². The Balaban J connectivity index is 1.85. The van der Waals surface area contributed by atoms with Crippen LogP contribution in [0.3, 0.4) is 0 Å². The van der Waals surface area contributed by atoms with E-state index in [4.69, 9.17) is 0 Å². The van der Waals surface area contributed by atoms with E-state index in [1.54, 1.807) is 0 Å². The van der Waals surface area contributed by atoms with Crippen LogP contribution in [0.15, 0.2) is 88.9 Å². The highest BCUT2D eigenvalue weighted by Gasteiger charge is 2.39. The number of hydrogen-bond acceptors (Lipinski definition) is 1. The first-order chi connectivity index (χ1) is 11.8. The molecule has 1 aliphatic heterocycles. The van der Waals surface area contributed by atoms with Crippen LogP contribution in [0.2, 0.25) is 0 Å². The Labute approximate surface area is 149 Å². The van der Waals surface area contributed by atoms with Crippen LogP contribution >= 0.6 is 15.9 Å². The lowest BCUT2D eigenvalue weighted by Gasteiger charge is -2.25. The lowest BCUT2D eigenvalue weighted by atomic mass is 9.98. The smallest absolute Gasteiger partial charge is 0.259 e. The van der Waals surface area contributed by atoms with Crippen molar-refractivity contribution >= 4 is 33.1 Å². The molecule has 24 heavy (non-hydrogen) atoms. The zero-order chi connectivity index (χ0) is 16.5. The van der Waals surface area contributed by atoms with Crippen LogP contribution in [-0.4, -0.2) is 11.9 Å². The molecule has 2 aromatic rings. The normalized spacial score (nSPS) is 19.6. The number of halogens is 1. The van der Waals surface area contributed by atoms with Crippen molar-refractivity contribution < 1.29 is 4.79 Å². The summed E-state index contributed by atoms with van der Waals surface area (Å²) in [6.45, 7) is 0. The number of carbonyl (C=O) groups excluding carboxylic acids is 1. The number of carbonyl (C=O) groups is 1. The van der Waals surface area contributed by atoms with E-state index in [-0.39, 0.29) is 11.9 Å². The van der Waals surface area contributed by atoms with E-state index < -0.39 is 0 Å². The number of benzene rings is 2. The van der Waals surface area contributed by atoms with E-state index in [9.17, 15) is 4.79 Å². The Kier molecular flexibility index (Phi) is 3.95. The van der Waals surface area contributed by atoms with Crippen molar-refractivity contribution in [2.75, 3.05) is 4.90 Å². The first kappa shape index (κ1) is 15.2. The molecule has 0 radical (unpaired) electrons. The predicted octanol–water partition coefficient (Wildman–Crippen LogP) is 5.13. The van der Waals surface area contributed by atoms with Crippen molar-refractivity contribution in [3.8, 4) is 0 Å². The van der Waals surface area contributed by atoms with Crippen molar-refractivity contribution in [1.29, 1.82) is 0 Å². The molecule has 0 bridgehead atoms. The molecule has 0 aromatic heterocycles. The Morgan fingerprint density at radius 2 is 1.71 bits per heavy atom. The van der Waals surface area contributed by atoms with Gasteiger partial charge in [0.15, 0.2) is 0 Å². The molecule has 1 heterocycles. The fourth-order valence-corrected chi connectivity index (χ4v) is 3.62. The SMILES string of the molecule is O=C1C(c2ccccc2)=C2C=CC=CCC2N1c1ccc(Br)cc1. The third-order valence-corrected chi connectivity index (χ3v) is 4.97. The van der Waals surface area contributed by atoms with Gasteiger partial charge in [-0.1, -0.05) is 70.6 Å². The maximum Gasteiger partial charge on any atom is 0.259 e. The number of allylic oxidation sites excluding steroid dienone is 2. The molecular formula is C21H16BrNO. The largest absolute Gasteiger partial charge is 0.301 e. The molecule has 1 unspecified atom stereocenters. The van der Waals surface area contributed by atoms with Gasteiger partial charge in [-0.2, -0.15) is 0 Å². The molecule has 0 N–H and O–H groups in total. The molecule has 1 amide bonds. The van der Waals surface area contributed by atoms with Crippen LogP contribution < -0.4 is 4.90 Å². The molecule has 1 aliphatic carbocycles. The van der Waals surface area contributed by atoms with E-state index in [2.05, 4.69) is 34.2 Å². The number of amides is 1. The van der Waals surface area contributed by atoms with Crippen LogP contribution in [-0.2, 0) is 4.79 Å². The van der Waals surface area contributed by atoms with Gasteiger partial charge in [-0.15, -0.1) is 0 Å². The van der Waals surface area contributed by atoms with Crippen LogP contribution in [0.5, 0.6) is 0 Å². The van der Waals surface area contributed by atoms with Gasteiger partial charge in [-0.3, -0.25) is 4.79 Å². The van der Waals surface area contributed by atoms with Gasteiger partial charge in [-0.05, 0) is 41.8 Å². The third kappa shape index (κ3) is 2.55. The van der Waals surface area contributed by atoms with Crippen LogP contribution in [0.1, 0.15) is 12.0 Å². The van der Waals surface area contributed by atoms with Crippen molar-refractivity contribution in [1.82, 2.24) is 0 Å². The monoisotopic (exact) mass is 377 g/mol. The Morgan fingerprint density at radius 3 is 2.46 bits per heavy atom. The molecule has 2 aromatic carbocycles. The highest BCUT2D eigenvalue weighted by Crippen LogP contribution is 2.39. The highest BCUT2D eigenvalue weighted by molar-refractivity contribution is 9.10. The van der Waals surface area contributed by atoms with Gasteiger partial charge in [0.25, 0.3) is 5.91 Å². The second kappa shape index (κ2) is 6.25. The summed E-state index contributed by atoms with van der Waals surface area (Å²) in [5.74, 6) is 0.0727. The van der Waals surface area contributed by atoms with Crippen molar-refractivity contribution in [2.24, 2.45) is 0 Å². The Hall–Kier alpha value is -2.39. The van der Waals surface area contributed by atoms with Crippen LogP contribution in [0.25, 0.3) is 5.57 Å². The third-order valence-electron chi connectivity index (χ3n) is 4.44. The minimum Gasteiger partial charge on any atom is -0.301 e. The van der Waals surface area contributed by atoms with Gasteiger partial charge < -0.3 is 4.90 Å². The summed E-state index contributed by atoms with van der Waals surface area (Å²) >= 11 is 3.46. The quantitative estimate of drug-likeness (QED) is 0.709. The summed E-state index contributed by atoms with van der Waals surface area (Å²) < 4.78 is 1.01. The molecule has 0 saturated heterocycles. The van der Waals surface area contributed by atoms with Gasteiger partial charge in [0.1, 0.15) is 0 Å². The summed E-state index contributed by atoms with van der Waals surface area (Å²) in [6.07, 6.45) is 9.10. The maximum absolute atomic E-state index is 13.3. The second-order valence-corrected chi connectivity index (χ2v) is 6.80. The van der Waals surface area contributed by atoms with Gasteiger partial charge >= 0.3 is 0 Å². The van der Waals surface area contributed by atoms with Gasteiger partial charge in [0, 0.05) is 10.2 Å². The summed E-state index contributed by atoms with van der Waals surface area (Å²) in [4.78, 5) is 15.2. The number of hydrogen-bond donors (Lipinski definition) is 0. The van der Waals surface area contributed by atoms with Crippen LogP contribution in [0.4, 0.5) is 5.69 Å². The summed E-state index contributed by atoms with van der Waals surface area (Å²) in [5.41, 5.74) is 3.82. The molecule has 118 valence electrons. The second-order valence-electron chi connectivity index (χ2n) is 5.89. The molecule has 3 heteroatoms. The van der Waals surface area contributed by atoms with Crippen LogP contribution in [0, 0.1) is 0 Å². The molecule has 1 atom stereocenters. The molecule has 4 rings (SSSR count). The number of rotatable bonds is 2. The Bertz CT molecular complexity index is 862. The predicted molar refractivity (Wildman–Crippen MR) is 102 cm³/mol. The first-order valence-corrected chi connectivity index (χ1v) is 8.77. The van der Waals surface area contributed by atoms with Crippen molar-refractivity contribution in [3.63, 3.8) is 0 Å². The average molecular weight is 378 g/mol. The molecule has 2 nitrogen and oxygen atoms in total. The zero-order valence-corrected chi connectivity index (χ0v) is 14.6. The number of fused-ring (bicyclic) bond motifs is 1. The molecule has 0 saturated carbocycles. The molecular weight excluding hydrogens is 362 g/mol. The number of nitrogens with zero attached hydrogens (tertiary/aromatic N) is 1. The van der Waals surface area contributed by atoms with Gasteiger partial charge in [-0.25, -0.2) is 0 Å². The van der Waals surface area contributed by atoms with Gasteiger partial charge in [0.05, 0.1) is 11.6 Å². The summed E-state index contributed by atoms with van der Waals surface area (Å²) in [5, 5.41) is 0. The fraction of sp³-hybridized carbons (Fsp3) is 0.0952. The first-order valence-electron chi connectivity index (χ1n) is 7.97. The van der Waals surface area contributed by atoms with E-state index in [1.807, 2.05) is 65.6 Å². The average Bonchev–Trinajstić information content (AvgIpc) is 2.75. The highest BCUT2D eigenvalue weighted by atomic mass is 79.9. The summed E-state index contributed by atoms with van der Waals surface area (Å²) in [7, 11) is 0. The number of anilines is 1. The van der Waals surface area contributed by atoms with Crippen molar-refractivity contribution in [2.45, 2.75) is 12.5 Å². The minimum atomic E-state index is 0.0453. The topological polar surface area (TPSA) is 20.3 Å². The van der Waals surface area contributed by atoms with E-state index >= 15 is 0 Å². The lowest BCUT2D eigenvalue weighted by Crippen LogP contribution is -2.35.